The average Bonchev–Trinajstić information content (AvgIpc) is 2.78. The van der Waals surface area contributed by atoms with E-state index in [0.29, 0.717) is 62.4 Å². The van der Waals surface area contributed by atoms with Gasteiger partial charge in [-0.3, -0.25) is 25.0 Å². The Morgan fingerprint density at radius 2 is 1.80 bits per heavy atom. The summed E-state index contributed by atoms with van der Waals surface area (Å²) >= 11 is 0. The van der Waals surface area contributed by atoms with Crippen molar-refractivity contribution in [1.82, 2.24) is 24.8 Å². The Bertz CT molecular complexity index is 961. The van der Waals surface area contributed by atoms with Crippen molar-refractivity contribution in [1.29, 1.82) is 0 Å². The summed E-state index contributed by atoms with van der Waals surface area (Å²) in [5.74, 6) is -0.0424. The number of likely N-dealkylation sites (tertiary alicyclic amines) is 1. The SMILES string of the molecule is CCN(CC)C(=O)N1CCC(C(=O)NNc2nc3ccccc3c(=O)n2CC)CC1. The molecule has 3 rings (SSSR count). The summed E-state index contributed by atoms with van der Waals surface area (Å²) in [6.07, 6.45) is 1.21. The molecule has 0 bridgehead atoms. The lowest BCUT2D eigenvalue weighted by Crippen LogP contribution is -2.49. The maximum Gasteiger partial charge on any atom is 0.319 e. The quantitative estimate of drug-likeness (QED) is 0.705. The molecule has 162 valence electrons. The van der Waals surface area contributed by atoms with Gasteiger partial charge >= 0.3 is 6.03 Å². The number of hydrogen-bond acceptors (Lipinski definition) is 5. The van der Waals surface area contributed by atoms with E-state index in [9.17, 15) is 14.4 Å². The fourth-order valence-electron chi connectivity index (χ4n) is 3.80. The number of carbonyl (C=O) groups is 2. The zero-order chi connectivity index (χ0) is 21.7. The van der Waals surface area contributed by atoms with E-state index in [2.05, 4.69) is 15.8 Å². The van der Waals surface area contributed by atoms with Crippen molar-refractivity contribution in [3.8, 4) is 0 Å². The first kappa shape index (κ1) is 21.6. The Hall–Kier alpha value is -3.10. The van der Waals surface area contributed by atoms with Gasteiger partial charge < -0.3 is 9.80 Å². The molecule has 0 radical (unpaired) electrons. The molecule has 0 unspecified atom stereocenters. The molecular weight excluding hydrogens is 384 g/mol. The monoisotopic (exact) mass is 414 g/mol. The summed E-state index contributed by atoms with van der Waals surface area (Å²) < 4.78 is 1.49. The van der Waals surface area contributed by atoms with Crippen molar-refractivity contribution >= 4 is 28.8 Å². The van der Waals surface area contributed by atoms with Gasteiger partial charge in [-0.1, -0.05) is 12.1 Å². The topological polar surface area (TPSA) is 99.6 Å². The second-order valence-electron chi connectivity index (χ2n) is 7.33. The van der Waals surface area contributed by atoms with Crippen LogP contribution >= 0.6 is 0 Å². The molecule has 0 aliphatic carbocycles. The number of amides is 3. The highest BCUT2D eigenvalue weighted by Gasteiger charge is 2.29. The predicted molar refractivity (Wildman–Crippen MR) is 116 cm³/mol. The zero-order valence-corrected chi connectivity index (χ0v) is 17.9. The van der Waals surface area contributed by atoms with Crippen LogP contribution in [0, 0.1) is 5.92 Å². The molecule has 1 aromatic heterocycles. The van der Waals surface area contributed by atoms with Crippen molar-refractivity contribution < 1.29 is 9.59 Å². The molecular formula is C21H30N6O3. The number of urea groups is 1. The fraction of sp³-hybridized carbons (Fsp3) is 0.524. The Morgan fingerprint density at radius 1 is 1.13 bits per heavy atom. The highest BCUT2D eigenvalue weighted by molar-refractivity contribution is 5.81. The number of fused-ring (bicyclic) bond motifs is 1. The highest BCUT2D eigenvalue weighted by Crippen LogP contribution is 2.19. The normalized spacial score (nSPS) is 14.6. The number of piperidine rings is 1. The molecule has 2 aromatic rings. The fourth-order valence-corrected chi connectivity index (χ4v) is 3.80. The minimum absolute atomic E-state index is 0.0318. The molecule has 1 fully saturated rings. The molecule has 3 amide bonds. The summed E-state index contributed by atoms with van der Waals surface area (Å²) in [4.78, 5) is 45.8. The number of hydrogen-bond donors (Lipinski definition) is 2. The third-order valence-electron chi connectivity index (χ3n) is 5.65. The number of hydrazine groups is 1. The number of benzene rings is 1. The molecule has 2 heterocycles. The van der Waals surface area contributed by atoms with E-state index in [-0.39, 0.29) is 23.4 Å². The molecule has 1 aromatic carbocycles. The van der Waals surface area contributed by atoms with Gasteiger partial charge in [0.15, 0.2) is 0 Å². The molecule has 1 saturated heterocycles. The number of rotatable bonds is 6. The van der Waals surface area contributed by atoms with Gasteiger partial charge in [0.05, 0.1) is 10.9 Å². The van der Waals surface area contributed by atoms with Gasteiger partial charge in [0.1, 0.15) is 0 Å². The summed E-state index contributed by atoms with van der Waals surface area (Å²) in [6.45, 7) is 8.68. The molecule has 0 atom stereocenters. The van der Waals surface area contributed by atoms with Crippen molar-refractivity contribution in [2.75, 3.05) is 31.6 Å². The molecule has 9 nitrogen and oxygen atoms in total. The lowest BCUT2D eigenvalue weighted by Gasteiger charge is -2.34. The second kappa shape index (κ2) is 9.60. The van der Waals surface area contributed by atoms with Crippen LogP contribution < -0.4 is 16.4 Å². The summed E-state index contributed by atoms with van der Waals surface area (Å²) in [5.41, 5.74) is 5.95. The molecule has 9 heteroatoms. The minimum atomic E-state index is -0.194. The molecule has 30 heavy (non-hydrogen) atoms. The van der Waals surface area contributed by atoms with E-state index in [1.165, 1.54) is 4.57 Å². The lowest BCUT2D eigenvalue weighted by atomic mass is 9.96. The van der Waals surface area contributed by atoms with Crippen LogP contribution in [-0.2, 0) is 11.3 Å². The maximum absolute atomic E-state index is 12.7. The summed E-state index contributed by atoms with van der Waals surface area (Å²) in [7, 11) is 0. The lowest BCUT2D eigenvalue weighted by molar-refractivity contribution is -0.125. The van der Waals surface area contributed by atoms with Gasteiger partial charge in [-0.05, 0) is 45.7 Å². The number of nitrogens with one attached hydrogen (secondary N) is 2. The van der Waals surface area contributed by atoms with Crippen LogP contribution in [0.25, 0.3) is 10.9 Å². The van der Waals surface area contributed by atoms with E-state index in [4.69, 9.17) is 0 Å². The van der Waals surface area contributed by atoms with Crippen LogP contribution in [0.2, 0.25) is 0 Å². The van der Waals surface area contributed by atoms with Crippen LogP contribution in [0.15, 0.2) is 29.1 Å². The number of nitrogens with zero attached hydrogens (tertiary/aromatic N) is 4. The smallest absolute Gasteiger partial charge is 0.319 e. The van der Waals surface area contributed by atoms with E-state index in [0.717, 1.165) is 0 Å². The first-order chi connectivity index (χ1) is 14.5. The van der Waals surface area contributed by atoms with Crippen molar-refractivity contribution in [2.24, 2.45) is 5.92 Å². The van der Waals surface area contributed by atoms with E-state index in [1.54, 1.807) is 23.1 Å². The molecule has 2 N–H and O–H groups in total. The number of aromatic nitrogens is 2. The van der Waals surface area contributed by atoms with Gasteiger partial charge in [0.25, 0.3) is 5.56 Å². The molecule has 1 aliphatic heterocycles. The van der Waals surface area contributed by atoms with Gasteiger partial charge in [-0.2, -0.15) is 0 Å². The standard InChI is InChI=1S/C21H30N6O3/c1-4-25(5-2)21(30)26-13-11-15(12-14-26)18(28)23-24-20-22-17-10-8-7-9-16(17)19(29)27(20)6-3/h7-10,15H,4-6,11-14H2,1-3H3,(H,22,24)(H,23,28). The van der Waals surface area contributed by atoms with Gasteiger partial charge in [0, 0.05) is 38.6 Å². The van der Waals surface area contributed by atoms with Gasteiger partial charge in [0.2, 0.25) is 11.9 Å². The second-order valence-corrected chi connectivity index (χ2v) is 7.33. The van der Waals surface area contributed by atoms with E-state index in [1.807, 2.05) is 31.7 Å². The minimum Gasteiger partial charge on any atom is -0.325 e. The first-order valence-electron chi connectivity index (χ1n) is 10.6. The molecule has 0 saturated carbocycles. The summed E-state index contributed by atoms with van der Waals surface area (Å²) in [5, 5.41) is 0.543. The third-order valence-corrected chi connectivity index (χ3v) is 5.65. The van der Waals surface area contributed by atoms with E-state index < -0.39 is 0 Å². The first-order valence-corrected chi connectivity index (χ1v) is 10.6. The van der Waals surface area contributed by atoms with Gasteiger partial charge in [-0.15, -0.1) is 0 Å². The Balaban J connectivity index is 1.62. The van der Waals surface area contributed by atoms with Crippen molar-refractivity contribution in [3.05, 3.63) is 34.6 Å². The van der Waals surface area contributed by atoms with Crippen molar-refractivity contribution in [3.63, 3.8) is 0 Å². The molecule has 0 spiro atoms. The zero-order valence-electron chi connectivity index (χ0n) is 17.9. The predicted octanol–water partition coefficient (Wildman–Crippen LogP) is 2.03. The Labute approximate surface area is 176 Å². The van der Waals surface area contributed by atoms with Crippen LogP contribution in [0.4, 0.5) is 10.7 Å². The number of carbonyl (C=O) groups excluding carboxylic acids is 2. The summed E-state index contributed by atoms with van der Waals surface area (Å²) in [6, 6.07) is 7.17. The van der Waals surface area contributed by atoms with Gasteiger partial charge in [-0.25, -0.2) is 9.78 Å². The number of para-hydroxylation sites is 1. The third kappa shape index (κ3) is 4.39. The maximum atomic E-state index is 12.7. The van der Waals surface area contributed by atoms with Crippen LogP contribution in [0.1, 0.15) is 33.6 Å². The van der Waals surface area contributed by atoms with Crippen LogP contribution in [-0.4, -0.2) is 57.5 Å². The Kier molecular flexibility index (Phi) is 6.91. The average molecular weight is 415 g/mol. The largest absolute Gasteiger partial charge is 0.325 e. The Morgan fingerprint density at radius 3 is 2.43 bits per heavy atom. The van der Waals surface area contributed by atoms with Crippen LogP contribution in [0.5, 0.6) is 0 Å². The number of anilines is 1. The van der Waals surface area contributed by atoms with E-state index >= 15 is 0 Å². The van der Waals surface area contributed by atoms with Crippen LogP contribution in [0.3, 0.4) is 0 Å². The van der Waals surface area contributed by atoms with Crippen molar-refractivity contribution in [2.45, 2.75) is 40.2 Å². The highest BCUT2D eigenvalue weighted by atomic mass is 16.2. The molecule has 1 aliphatic rings.